The van der Waals surface area contributed by atoms with Crippen LogP contribution in [0, 0.1) is 5.92 Å². The normalized spacial score (nSPS) is 20.1. The smallest absolute Gasteiger partial charge is 0.323 e. The van der Waals surface area contributed by atoms with Crippen LogP contribution in [0.25, 0.3) is 0 Å². The molecule has 1 heterocycles. The number of carboxylic acid groups (broad SMARTS) is 2. The van der Waals surface area contributed by atoms with Crippen LogP contribution in [-0.4, -0.2) is 46.9 Å². The van der Waals surface area contributed by atoms with Crippen molar-refractivity contribution in [1.29, 1.82) is 0 Å². The fraction of sp³-hybridized carbons (Fsp3) is 0.526. The highest BCUT2D eigenvalue weighted by Gasteiger charge is 2.47. The van der Waals surface area contributed by atoms with Gasteiger partial charge >= 0.3 is 11.9 Å². The van der Waals surface area contributed by atoms with Gasteiger partial charge < -0.3 is 20.7 Å². The zero-order valence-corrected chi connectivity index (χ0v) is 15.7. The van der Waals surface area contributed by atoms with Crippen LogP contribution in [0.4, 0.5) is 5.69 Å². The zero-order valence-electron chi connectivity index (χ0n) is 15.7. The SMILES string of the molecule is NCCCCCC[C@H](C(=O)O)[C@]1(N)CC(=O)N(CC(=O)O)c2ccccc2O1. The van der Waals surface area contributed by atoms with Crippen molar-refractivity contribution in [2.45, 2.75) is 44.2 Å². The molecule has 0 aliphatic carbocycles. The number of ether oxygens (including phenoxy) is 1. The van der Waals surface area contributed by atoms with Gasteiger partial charge in [-0.3, -0.25) is 25.0 Å². The number of nitrogens with zero attached hydrogens (tertiary/aromatic N) is 1. The van der Waals surface area contributed by atoms with Crippen molar-refractivity contribution in [3.63, 3.8) is 0 Å². The van der Waals surface area contributed by atoms with Crippen LogP contribution >= 0.6 is 0 Å². The molecule has 9 nitrogen and oxygen atoms in total. The first-order valence-electron chi connectivity index (χ1n) is 9.30. The van der Waals surface area contributed by atoms with Gasteiger partial charge in [0.1, 0.15) is 18.2 Å². The van der Waals surface area contributed by atoms with E-state index in [1.165, 1.54) is 0 Å². The molecule has 0 aromatic heterocycles. The molecule has 0 fully saturated rings. The summed E-state index contributed by atoms with van der Waals surface area (Å²) in [6.07, 6.45) is 2.95. The van der Waals surface area contributed by atoms with Crippen LogP contribution < -0.4 is 21.1 Å². The summed E-state index contributed by atoms with van der Waals surface area (Å²) in [7, 11) is 0. The maximum atomic E-state index is 12.8. The lowest BCUT2D eigenvalue weighted by atomic mass is 9.87. The second-order valence-corrected chi connectivity index (χ2v) is 6.96. The van der Waals surface area contributed by atoms with Crippen molar-refractivity contribution in [2.75, 3.05) is 18.0 Å². The van der Waals surface area contributed by atoms with Crippen LogP contribution in [0.2, 0.25) is 0 Å². The highest BCUT2D eigenvalue weighted by molar-refractivity contribution is 6.00. The molecule has 6 N–H and O–H groups in total. The van der Waals surface area contributed by atoms with Gasteiger partial charge in [0.05, 0.1) is 12.1 Å². The molecule has 0 radical (unpaired) electrons. The molecule has 154 valence electrons. The second-order valence-electron chi connectivity index (χ2n) is 6.96. The maximum absolute atomic E-state index is 12.8. The Labute approximate surface area is 163 Å². The first-order chi connectivity index (χ1) is 13.3. The number of benzene rings is 1. The molecule has 0 spiro atoms. The van der Waals surface area contributed by atoms with E-state index in [0.717, 1.165) is 24.2 Å². The highest BCUT2D eigenvalue weighted by atomic mass is 16.5. The molecular formula is C19H27N3O6. The molecule has 0 unspecified atom stereocenters. The van der Waals surface area contributed by atoms with Crippen LogP contribution in [0.5, 0.6) is 5.75 Å². The zero-order chi connectivity index (χ0) is 20.7. The van der Waals surface area contributed by atoms with E-state index in [0.29, 0.717) is 13.0 Å². The third-order valence-electron chi connectivity index (χ3n) is 4.81. The topological polar surface area (TPSA) is 156 Å². The Morgan fingerprint density at radius 1 is 1.18 bits per heavy atom. The summed E-state index contributed by atoms with van der Waals surface area (Å²) >= 11 is 0. The number of amides is 1. The van der Waals surface area contributed by atoms with Gasteiger partial charge in [0, 0.05) is 0 Å². The summed E-state index contributed by atoms with van der Waals surface area (Å²) in [6, 6.07) is 6.38. The number of rotatable bonds is 10. The van der Waals surface area contributed by atoms with E-state index in [1.807, 2.05) is 0 Å². The van der Waals surface area contributed by atoms with Crippen molar-refractivity contribution in [3.8, 4) is 5.75 Å². The lowest BCUT2D eigenvalue weighted by molar-refractivity contribution is -0.152. The number of carbonyl (C=O) groups excluding carboxylic acids is 1. The molecule has 1 amide bonds. The minimum atomic E-state index is -1.78. The molecule has 28 heavy (non-hydrogen) atoms. The summed E-state index contributed by atoms with van der Waals surface area (Å²) in [5, 5.41) is 18.9. The molecule has 2 atom stereocenters. The molecule has 0 saturated carbocycles. The highest BCUT2D eigenvalue weighted by Crippen LogP contribution is 2.38. The molecule has 0 bridgehead atoms. The van der Waals surface area contributed by atoms with Gasteiger partial charge in [-0.25, -0.2) is 0 Å². The van der Waals surface area contributed by atoms with Gasteiger partial charge in [0.2, 0.25) is 5.91 Å². The predicted molar refractivity (Wildman–Crippen MR) is 102 cm³/mol. The Morgan fingerprint density at radius 3 is 2.50 bits per heavy atom. The fourth-order valence-electron chi connectivity index (χ4n) is 3.40. The number of carboxylic acids is 2. The predicted octanol–water partition coefficient (Wildman–Crippen LogP) is 1.15. The summed E-state index contributed by atoms with van der Waals surface area (Å²) < 4.78 is 5.85. The Kier molecular flexibility index (Phi) is 7.36. The average molecular weight is 393 g/mol. The quantitative estimate of drug-likeness (QED) is 0.431. The first kappa shape index (κ1) is 21.6. The number of para-hydroxylation sites is 2. The molecule has 1 aliphatic rings. The van der Waals surface area contributed by atoms with E-state index < -0.39 is 42.5 Å². The largest absolute Gasteiger partial charge is 0.481 e. The van der Waals surface area contributed by atoms with Gasteiger partial charge in [-0.1, -0.05) is 31.4 Å². The summed E-state index contributed by atoms with van der Waals surface area (Å²) in [5.74, 6) is -3.87. The Balaban J connectivity index is 2.29. The summed E-state index contributed by atoms with van der Waals surface area (Å²) in [4.78, 5) is 36.9. The molecule has 1 aliphatic heterocycles. The third kappa shape index (κ3) is 5.20. The van der Waals surface area contributed by atoms with E-state index >= 15 is 0 Å². The lowest BCUT2D eigenvalue weighted by Gasteiger charge is -2.33. The van der Waals surface area contributed by atoms with Gasteiger partial charge in [-0.05, 0) is 31.5 Å². The Morgan fingerprint density at radius 2 is 1.86 bits per heavy atom. The first-order valence-corrected chi connectivity index (χ1v) is 9.30. The average Bonchev–Trinajstić information content (AvgIpc) is 2.72. The summed E-state index contributed by atoms with van der Waals surface area (Å²) in [5.41, 5.74) is 10.3. The van der Waals surface area contributed by atoms with Crippen molar-refractivity contribution in [2.24, 2.45) is 17.4 Å². The molecule has 0 saturated heterocycles. The number of nitrogens with two attached hydrogens (primary N) is 2. The van der Waals surface area contributed by atoms with E-state index in [-0.39, 0.29) is 17.9 Å². The van der Waals surface area contributed by atoms with Crippen LogP contribution in [0.3, 0.4) is 0 Å². The number of unbranched alkanes of at least 4 members (excludes halogenated alkanes) is 3. The Bertz CT molecular complexity index is 725. The van der Waals surface area contributed by atoms with E-state index in [9.17, 15) is 19.5 Å². The second kappa shape index (κ2) is 9.52. The van der Waals surface area contributed by atoms with Crippen molar-refractivity contribution in [3.05, 3.63) is 24.3 Å². The van der Waals surface area contributed by atoms with Crippen molar-refractivity contribution >= 4 is 23.5 Å². The van der Waals surface area contributed by atoms with Crippen LogP contribution in [-0.2, 0) is 14.4 Å². The standard InChI is InChI=1S/C19H27N3O6/c20-10-6-2-1-3-7-13(18(26)27)19(21)11-16(23)22(12-17(24)25)14-8-4-5-9-15(14)28-19/h4-5,8-9,13H,1-3,6-7,10-12,20-21H2,(H,24,25)(H,26,27)/t13-,19+/m1/s1. The van der Waals surface area contributed by atoms with E-state index in [2.05, 4.69) is 0 Å². The van der Waals surface area contributed by atoms with E-state index in [1.54, 1.807) is 24.3 Å². The van der Waals surface area contributed by atoms with Crippen LogP contribution in [0.15, 0.2) is 24.3 Å². The minimum Gasteiger partial charge on any atom is -0.481 e. The van der Waals surface area contributed by atoms with Gasteiger partial charge in [-0.2, -0.15) is 0 Å². The third-order valence-corrected chi connectivity index (χ3v) is 4.81. The van der Waals surface area contributed by atoms with Crippen LogP contribution in [0.1, 0.15) is 38.5 Å². The number of hydrogen-bond donors (Lipinski definition) is 4. The van der Waals surface area contributed by atoms with Gasteiger partial charge in [-0.15, -0.1) is 0 Å². The van der Waals surface area contributed by atoms with Gasteiger partial charge in [0.15, 0.2) is 5.72 Å². The van der Waals surface area contributed by atoms with Crippen molar-refractivity contribution in [1.82, 2.24) is 0 Å². The number of fused-ring (bicyclic) bond motifs is 1. The number of hydrogen-bond acceptors (Lipinski definition) is 6. The molecule has 2 rings (SSSR count). The molecule has 9 heteroatoms. The molecule has 1 aromatic carbocycles. The molecular weight excluding hydrogens is 366 g/mol. The summed E-state index contributed by atoms with van der Waals surface area (Å²) in [6.45, 7) is 0.0170. The van der Waals surface area contributed by atoms with E-state index in [4.69, 9.17) is 21.3 Å². The fourth-order valence-corrected chi connectivity index (χ4v) is 3.40. The number of aliphatic carboxylic acids is 2. The monoisotopic (exact) mass is 393 g/mol. The minimum absolute atomic E-state index is 0.187. The van der Waals surface area contributed by atoms with Crippen molar-refractivity contribution < 1.29 is 29.3 Å². The number of anilines is 1. The number of carbonyl (C=O) groups is 3. The molecule has 1 aromatic rings. The Hall–Kier alpha value is -2.65. The lowest BCUT2D eigenvalue weighted by Crippen LogP contribution is -2.57. The van der Waals surface area contributed by atoms with Gasteiger partial charge in [0.25, 0.3) is 0 Å². The maximum Gasteiger partial charge on any atom is 0.323 e.